The molecule has 3 heteroatoms. The third kappa shape index (κ3) is 3.44. The Morgan fingerprint density at radius 3 is 2.60 bits per heavy atom. The molecule has 0 aliphatic rings. The molecule has 0 unspecified atom stereocenters. The lowest BCUT2D eigenvalue weighted by molar-refractivity contribution is -0.118. The van der Waals surface area contributed by atoms with Crippen LogP contribution in [0.5, 0.6) is 0 Å². The second-order valence-corrected chi connectivity index (χ2v) is 3.79. The summed E-state index contributed by atoms with van der Waals surface area (Å²) >= 11 is 0. The van der Waals surface area contributed by atoms with Crippen LogP contribution in [-0.4, -0.2) is 18.9 Å². The van der Waals surface area contributed by atoms with E-state index in [-0.39, 0.29) is 17.6 Å². The molecule has 0 heterocycles. The number of hydrogen-bond donors (Lipinski definition) is 1. The molecule has 1 rings (SSSR count). The summed E-state index contributed by atoms with van der Waals surface area (Å²) < 4.78 is 13.1. The van der Waals surface area contributed by atoms with Crippen molar-refractivity contribution in [3.05, 3.63) is 35.1 Å². The summed E-state index contributed by atoms with van der Waals surface area (Å²) in [6, 6.07) is 4.62. The van der Waals surface area contributed by atoms with Crippen LogP contribution >= 0.6 is 0 Å². The van der Waals surface area contributed by atoms with Gasteiger partial charge < -0.3 is 5.32 Å². The lowest BCUT2D eigenvalue weighted by Crippen LogP contribution is -2.34. The lowest BCUT2D eigenvalue weighted by Gasteiger charge is -2.13. The van der Waals surface area contributed by atoms with E-state index >= 15 is 0 Å². The lowest BCUT2D eigenvalue weighted by atomic mass is 10.0. The second-order valence-electron chi connectivity index (χ2n) is 3.79. The molecule has 15 heavy (non-hydrogen) atoms. The summed E-state index contributed by atoms with van der Waals surface area (Å²) in [6.07, 6.45) is 0.532. The molecule has 0 aliphatic carbocycles. The van der Waals surface area contributed by atoms with Crippen LogP contribution in [-0.2, 0) is 11.2 Å². The number of likely N-dealkylation sites (N-methyl/N-ethyl adjacent to an activating group) is 1. The summed E-state index contributed by atoms with van der Waals surface area (Å²) in [4.78, 5) is 11.2. The van der Waals surface area contributed by atoms with Crippen LogP contribution in [0.15, 0.2) is 18.2 Å². The van der Waals surface area contributed by atoms with Crippen LogP contribution in [0, 0.1) is 12.7 Å². The fraction of sp³-hybridized carbons (Fsp3) is 0.417. The largest absolute Gasteiger partial charge is 0.310 e. The predicted molar refractivity (Wildman–Crippen MR) is 58.4 cm³/mol. The van der Waals surface area contributed by atoms with Crippen LogP contribution in [0.2, 0.25) is 0 Å². The Labute approximate surface area is 89.5 Å². The highest BCUT2D eigenvalue weighted by Gasteiger charge is 2.12. The molecule has 2 nitrogen and oxygen atoms in total. The fourth-order valence-electron chi connectivity index (χ4n) is 1.61. The minimum absolute atomic E-state index is 0.0689. The molecule has 0 fully saturated rings. The van der Waals surface area contributed by atoms with E-state index in [0.717, 1.165) is 11.1 Å². The van der Waals surface area contributed by atoms with E-state index in [1.165, 1.54) is 19.1 Å². The Morgan fingerprint density at radius 1 is 1.47 bits per heavy atom. The van der Waals surface area contributed by atoms with Crippen molar-refractivity contribution in [1.29, 1.82) is 0 Å². The van der Waals surface area contributed by atoms with E-state index in [1.807, 2.05) is 13.0 Å². The van der Waals surface area contributed by atoms with Crippen molar-refractivity contribution >= 4 is 5.78 Å². The number of benzene rings is 1. The van der Waals surface area contributed by atoms with Crippen molar-refractivity contribution in [3.8, 4) is 0 Å². The number of carbonyl (C=O) groups is 1. The van der Waals surface area contributed by atoms with Crippen LogP contribution in [0.1, 0.15) is 18.1 Å². The molecular formula is C12H16FNO. The topological polar surface area (TPSA) is 29.1 Å². The SMILES string of the molecule is CN[C@@H](Cc1cc(C)cc(F)c1)C(C)=O. The fourth-order valence-corrected chi connectivity index (χ4v) is 1.61. The Hall–Kier alpha value is -1.22. The quantitative estimate of drug-likeness (QED) is 0.820. The number of nitrogens with one attached hydrogen (secondary N) is 1. The first-order valence-electron chi connectivity index (χ1n) is 4.96. The van der Waals surface area contributed by atoms with Gasteiger partial charge in [0.25, 0.3) is 0 Å². The van der Waals surface area contributed by atoms with Gasteiger partial charge in [0.2, 0.25) is 0 Å². The van der Waals surface area contributed by atoms with Gasteiger partial charge in [0.15, 0.2) is 0 Å². The minimum atomic E-state index is -0.247. The third-order valence-electron chi connectivity index (χ3n) is 2.38. The molecule has 0 aliphatic heterocycles. The molecule has 82 valence electrons. The Bertz CT molecular complexity index is 342. The van der Waals surface area contributed by atoms with Gasteiger partial charge in [-0.3, -0.25) is 4.79 Å². The first-order valence-corrected chi connectivity index (χ1v) is 4.96. The van der Waals surface area contributed by atoms with E-state index in [9.17, 15) is 9.18 Å². The van der Waals surface area contributed by atoms with Crippen molar-refractivity contribution in [3.63, 3.8) is 0 Å². The molecule has 0 radical (unpaired) electrons. The predicted octanol–water partition coefficient (Wildman–Crippen LogP) is 1.85. The molecule has 1 aromatic carbocycles. The zero-order valence-corrected chi connectivity index (χ0v) is 9.30. The molecule has 0 amide bonds. The van der Waals surface area contributed by atoms with Crippen molar-refractivity contribution in [1.82, 2.24) is 5.32 Å². The number of rotatable bonds is 4. The summed E-state index contributed by atoms with van der Waals surface area (Å²) in [5, 5.41) is 2.92. The molecule has 0 aromatic heterocycles. The van der Waals surface area contributed by atoms with Crippen LogP contribution in [0.25, 0.3) is 0 Å². The van der Waals surface area contributed by atoms with Gasteiger partial charge in [0.05, 0.1) is 6.04 Å². The van der Waals surface area contributed by atoms with E-state index < -0.39 is 0 Å². The summed E-state index contributed by atoms with van der Waals surface area (Å²) in [5.74, 6) is -0.178. The molecule has 0 spiro atoms. The highest BCUT2D eigenvalue weighted by atomic mass is 19.1. The number of halogens is 1. The minimum Gasteiger partial charge on any atom is -0.310 e. The normalized spacial score (nSPS) is 12.5. The molecule has 1 atom stereocenters. The van der Waals surface area contributed by atoms with E-state index in [0.29, 0.717) is 6.42 Å². The number of aryl methyl sites for hydroxylation is 1. The van der Waals surface area contributed by atoms with Gasteiger partial charge in [0.1, 0.15) is 11.6 Å². The smallest absolute Gasteiger partial charge is 0.147 e. The molecule has 0 saturated carbocycles. The summed E-state index contributed by atoms with van der Waals surface area (Å²) in [7, 11) is 1.73. The van der Waals surface area contributed by atoms with Crippen molar-refractivity contribution in [2.75, 3.05) is 7.05 Å². The Kier molecular flexibility index (Phi) is 3.97. The molecule has 0 bridgehead atoms. The number of hydrogen-bond acceptors (Lipinski definition) is 2. The summed E-state index contributed by atoms with van der Waals surface area (Å²) in [6.45, 7) is 3.38. The average molecular weight is 209 g/mol. The maximum atomic E-state index is 13.1. The van der Waals surface area contributed by atoms with Crippen LogP contribution in [0.4, 0.5) is 4.39 Å². The highest BCUT2D eigenvalue weighted by molar-refractivity contribution is 5.81. The maximum Gasteiger partial charge on any atom is 0.147 e. The van der Waals surface area contributed by atoms with Gasteiger partial charge in [-0.25, -0.2) is 4.39 Å². The van der Waals surface area contributed by atoms with Gasteiger partial charge >= 0.3 is 0 Å². The second kappa shape index (κ2) is 5.03. The zero-order valence-electron chi connectivity index (χ0n) is 9.30. The third-order valence-corrected chi connectivity index (χ3v) is 2.38. The highest BCUT2D eigenvalue weighted by Crippen LogP contribution is 2.10. The van der Waals surface area contributed by atoms with Gasteiger partial charge in [-0.1, -0.05) is 6.07 Å². The van der Waals surface area contributed by atoms with Crippen molar-refractivity contribution in [2.45, 2.75) is 26.3 Å². The number of carbonyl (C=O) groups excluding carboxylic acids is 1. The maximum absolute atomic E-state index is 13.1. The van der Waals surface area contributed by atoms with Gasteiger partial charge in [-0.05, 0) is 50.6 Å². The Balaban J connectivity index is 2.83. The molecule has 0 saturated heterocycles. The van der Waals surface area contributed by atoms with E-state index in [4.69, 9.17) is 0 Å². The number of ketones is 1. The van der Waals surface area contributed by atoms with E-state index in [2.05, 4.69) is 5.32 Å². The summed E-state index contributed by atoms with van der Waals surface area (Å²) in [5.41, 5.74) is 1.73. The zero-order chi connectivity index (χ0) is 11.4. The molecule has 1 aromatic rings. The number of Topliss-reactive ketones (excluding diaryl/α,β-unsaturated/α-hetero) is 1. The standard InChI is InChI=1S/C12H16FNO/c1-8-4-10(6-11(13)5-8)7-12(14-3)9(2)15/h4-6,12,14H,7H2,1-3H3/t12-/m0/s1. The first kappa shape index (κ1) is 11.9. The van der Waals surface area contributed by atoms with E-state index in [1.54, 1.807) is 7.05 Å². The van der Waals surface area contributed by atoms with Gasteiger partial charge in [-0.15, -0.1) is 0 Å². The van der Waals surface area contributed by atoms with Crippen LogP contribution < -0.4 is 5.32 Å². The average Bonchev–Trinajstić information content (AvgIpc) is 2.12. The molecular weight excluding hydrogens is 193 g/mol. The van der Waals surface area contributed by atoms with Crippen LogP contribution in [0.3, 0.4) is 0 Å². The van der Waals surface area contributed by atoms with Gasteiger partial charge in [-0.2, -0.15) is 0 Å². The first-order chi connectivity index (χ1) is 7.02. The molecule has 1 N–H and O–H groups in total. The van der Waals surface area contributed by atoms with Crippen molar-refractivity contribution in [2.24, 2.45) is 0 Å². The Morgan fingerprint density at radius 2 is 2.13 bits per heavy atom. The van der Waals surface area contributed by atoms with Gasteiger partial charge in [0, 0.05) is 0 Å². The van der Waals surface area contributed by atoms with Crippen molar-refractivity contribution < 1.29 is 9.18 Å². The monoisotopic (exact) mass is 209 g/mol.